The Hall–Kier alpha value is -2.45. The molecule has 5 nitrogen and oxygen atoms in total. The van der Waals surface area contributed by atoms with Crippen LogP contribution in [0.25, 0.3) is 6.08 Å². The van der Waals surface area contributed by atoms with E-state index < -0.39 is 0 Å². The predicted octanol–water partition coefficient (Wildman–Crippen LogP) is 7.58. The summed E-state index contributed by atoms with van der Waals surface area (Å²) in [6, 6.07) is 18.2. The molecular formula is C25H18BrCl2NO4S. The number of thioether (sulfide) groups is 1. The molecule has 1 saturated heterocycles. The highest BCUT2D eigenvalue weighted by Crippen LogP contribution is 2.36. The van der Waals surface area contributed by atoms with Crippen molar-refractivity contribution >= 4 is 68.1 Å². The highest BCUT2D eigenvalue weighted by molar-refractivity contribution is 9.10. The van der Waals surface area contributed by atoms with Crippen LogP contribution in [0, 0.1) is 0 Å². The summed E-state index contributed by atoms with van der Waals surface area (Å²) in [6.45, 7) is 0.469. The fourth-order valence-electron chi connectivity index (χ4n) is 3.25. The normalized spacial score (nSPS) is 14.7. The zero-order valence-electron chi connectivity index (χ0n) is 17.9. The first-order valence-electron chi connectivity index (χ1n) is 10.1. The van der Waals surface area contributed by atoms with E-state index in [0.717, 1.165) is 21.8 Å². The number of rotatable bonds is 7. The van der Waals surface area contributed by atoms with Gasteiger partial charge in [0.2, 0.25) is 0 Å². The minimum Gasteiger partial charge on any atom is -0.493 e. The van der Waals surface area contributed by atoms with Crippen molar-refractivity contribution in [3.8, 4) is 11.5 Å². The molecule has 0 atom stereocenters. The van der Waals surface area contributed by atoms with Crippen LogP contribution < -0.4 is 9.47 Å². The molecule has 0 aromatic heterocycles. The smallest absolute Gasteiger partial charge is 0.293 e. The summed E-state index contributed by atoms with van der Waals surface area (Å²) >= 11 is 16.3. The number of hydrogen-bond donors (Lipinski definition) is 0. The van der Waals surface area contributed by atoms with Crippen LogP contribution in [-0.2, 0) is 17.9 Å². The number of benzene rings is 3. The molecular weight excluding hydrogens is 561 g/mol. The Balaban J connectivity index is 1.51. The van der Waals surface area contributed by atoms with Crippen molar-refractivity contribution in [2.45, 2.75) is 13.2 Å². The number of carbonyl (C=O) groups excluding carboxylic acids is 2. The van der Waals surface area contributed by atoms with Crippen LogP contribution in [-0.4, -0.2) is 23.2 Å². The number of hydrogen-bond acceptors (Lipinski definition) is 5. The fraction of sp³-hybridized carbons (Fsp3) is 0.120. The molecule has 0 unspecified atom stereocenters. The van der Waals surface area contributed by atoms with Gasteiger partial charge < -0.3 is 9.47 Å². The molecule has 3 aromatic rings. The number of methoxy groups -OCH3 is 1. The van der Waals surface area contributed by atoms with Gasteiger partial charge in [-0.1, -0.05) is 63.4 Å². The van der Waals surface area contributed by atoms with Gasteiger partial charge in [-0.15, -0.1) is 0 Å². The van der Waals surface area contributed by atoms with Gasteiger partial charge in [-0.3, -0.25) is 14.5 Å². The molecule has 0 radical (unpaired) electrons. The molecule has 1 fully saturated rings. The Morgan fingerprint density at radius 1 is 0.941 bits per heavy atom. The summed E-state index contributed by atoms with van der Waals surface area (Å²) in [7, 11) is 1.57. The second-order valence-corrected chi connectivity index (χ2v) is 10.1. The van der Waals surface area contributed by atoms with Gasteiger partial charge >= 0.3 is 0 Å². The van der Waals surface area contributed by atoms with E-state index in [9.17, 15) is 9.59 Å². The minimum atomic E-state index is -0.366. The Labute approximate surface area is 219 Å². The lowest BCUT2D eigenvalue weighted by molar-refractivity contribution is -0.123. The van der Waals surface area contributed by atoms with Crippen LogP contribution in [0.1, 0.15) is 16.7 Å². The molecule has 1 heterocycles. The lowest BCUT2D eigenvalue weighted by atomic mass is 10.1. The molecule has 0 N–H and O–H groups in total. The number of nitrogens with zero attached hydrogens (tertiary/aromatic N) is 1. The van der Waals surface area contributed by atoms with Crippen LogP contribution in [0.2, 0.25) is 10.0 Å². The first-order valence-corrected chi connectivity index (χ1v) is 12.4. The molecule has 0 spiro atoms. The van der Waals surface area contributed by atoms with E-state index >= 15 is 0 Å². The molecule has 4 rings (SSSR count). The molecule has 0 aliphatic carbocycles. The van der Waals surface area contributed by atoms with Gasteiger partial charge in [0.15, 0.2) is 11.5 Å². The Kier molecular flexibility index (Phi) is 7.88. The van der Waals surface area contributed by atoms with Gasteiger partial charge in [0.05, 0.1) is 28.6 Å². The van der Waals surface area contributed by atoms with Gasteiger partial charge in [-0.2, -0.15) is 0 Å². The van der Waals surface area contributed by atoms with Crippen molar-refractivity contribution in [3.63, 3.8) is 0 Å². The van der Waals surface area contributed by atoms with Gasteiger partial charge in [0, 0.05) is 4.47 Å². The van der Waals surface area contributed by atoms with E-state index in [1.165, 1.54) is 4.90 Å². The number of amides is 2. The van der Waals surface area contributed by atoms with Gasteiger partial charge in [0.1, 0.15) is 6.61 Å². The topological polar surface area (TPSA) is 55.8 Å². The third kappa shape index (κ3) is 5.78. The predicted molar refractivity (Wildman–Crippen MR) is 139 cm³/mol. The average Bonchev–Trinajstić information content (AvgIpc) is 3.08. The third-order valence-electron chi connectivity index (χ3n) is 4.99. The maximum Gasteiger partial charge on any atom is 0.293 e. The number of imide groups is 1. The summed E-state index contributed by atoms with van der Waals surface area (Å²) in [5, 5.41) is 0.440. The minimum absolute atomic E-state index is 0.114. The van der Waals surface area contributed by atoms with Gasteiger partial charge in [-0.05, 0) is 70.9 Å². The van der Waals surface area contributed by atoms with Crippen molar-refractivity contribution in [2.75, 3.05) is 7.11 Å². The van der Waals surface area contributed by atoms with Crippen molar-refractivity contribution in [3.05, 3.63) is 96.8 Å². The van der Waals surface area contributed by atoms with Crippen LogP contribution >= 0.6 is 50.9 Å². The largest absolute Gasteiger partial charge is 0.493 e. The zero-order chi connectivity index (χ0) is 24.2. The first kappa shape index (κ1) is 24.7. The SMILES string of the molecule is COc1ccc(/C=C2\SC(=O)N(Cc3ccc(Cl)c(Cl)c3)C2=O)cc1OCc1ccc(Br)cc1. The van der Waals surface area contributed by atoms with E-state index in [4.69, 9.17) is 32.7 Å². The van der Waals surface area contributed by atoms with E-state index in [1.54, 1.807) is 49.6 Å². The highest BCUT2D eigenvalue weighted by Gasteiger charge is 2.35. The molecule has 1 aliphatic heterocycles. The summed E-state index contributed by atoms with van der Waals surface area (Å²) < 4.78 is 12.4. The second-order valence-electron chi connectivity index (χ2n) is 7.34. The lowest BCUT2D eigenvalue weighted by Gasteiger charge is -2.13. The molecule has 0 bridgehead atoms. The number of halogens is 3. The van der Waals surface area contributed by atoms with Crippen molar-refractivity contribution in [1.29, 1.82) is 0 Å². The van der Waals surface area contributed by atoms with Crippen LogP contribution in [0.3, 0.4) is 0 Å². The maximum absolute atomic E-state index is 12.9. The third-order valence-corrected chi connectivity index (χ3v) is 7.17. The standard InChI is InChI=1S/C25H18BrCl2NO4S/c1-32-21-9-5-16(11-22(21)33-14-15-2-6-18(26)7-3-15)12-23-24(30)29(25(31)34-23)13-17-4-8-19(27)20(28)10-17/h2-12H,13-14H2,1H3/b23-12-. The van der Waals surface area contributed by atoms with Gasteiger partial charge in [0.25, 0.3) is 11.1 Å². The van der Waals surface area contributed by atoms with E-state index in [0.29, 0.717) is 44.2 Å². The van der Waals surface area contributed by atoms with E-state index in [2.05, 4.69) is 15.9 Å². The number of ether oxygens (including phenoxy) is 2. The maximum atomic E-state index is 12.9. The monoisotopic (exact) mass is 577 g/mol. The second kappa shape index (κ2) is 10.9. The molecule has 3 aromatic carbocycles. The van der Waals surface area contributed by atoms with Crippen LogP contribution in [0.15, 0.2) is 70.0 Å². The summed E-state index contributed by atoms with van der Waals surface area (Å²) in [4.78, 5) is 26.9. The molecule has 2 amide bonds. The van der Waals surface area contributed by atoms with Crippen LogP contribution in [0.4, 0.5) is 4.79 Å². The quantitative estimate of drug-likeness (QED) is 0.270. The molecule has 174 valence electrons. The summed E-state index contributed by atoms with van der Waals surface area (Å²) in [5.74, 6) is 0.741. The van der Waals surface area contributed by atoms with E-state index in [-0.39, 0.29) is 17.7 Å². The Bertz CT molecular complexity index is 1280. The fourth-order valence-corrected chi connectivity index (χ4v) is 4.67. The van der Waals surface area contributed by atoms with E-state index in [1.807, 2.05) is 24.3 Å². The summed E-state index contributed by atoms with van der Waals surface area (Å²) in [6.07, 6.45) is 1.67. The first-order chi connectivity index (χ1) is 16.3. The number of carbonyl (C=O) groups is 2. The van der Waals surface area contributed by atoms with Crippen LogP contribution in [0.5, 0.6) is 11.5 Å². The summed E-state index contributed by atoms with van der Waals surface area (Å²) in [5.41, 5.74) is 2.43. The molecule has 1 aliphatic rings. The molecule has 34 heavy (non-hydrogen) atoms. The van der Waals surface area contributed by atoms with Crippen molar-refractivity contribution < 1.29 is 19.1 Å². The van der Waals surface area contributed by atoms with Crippen molar-refractivity contribution in [2.24, 2.45) is 0 Å². The molecule has 9 heteroatoms. The van der Waals surface area contributed by atoms with Gasteiger partial charge in [-0.25, -0.2) is 0 Å². The molecule has 0 saturated carbocycles. The van der Waals surface area contributed by atoms with Crippen molar-refractivity contribution in [1.82, 2.24) is 4.90 Å². The lowest BCUT2D eigenvalue weighted by Crippen LogP contribution is -2.27. The average molecular weight is 579 g/mol. The Morgan fingerprint density at radius 3 is 2.38 bits per heavy atom. The zero-order valence-corrected chi connectivity index (χ0v) is 21.8. The highest BCUT2D eigenvalue weighted by atomic mass is 79.9. The Morgan fingerprint density at radius 2 is 1.68 bits per heavy atom.